The van der Waals surface area contributed by atoms with Gasteiger partial charge in [-0.2, -0.15) is 0 Å². The van der Waals surface area contributed by atoms with E-state index in [9.17, 15) is 0 Å². The molecule has 0 heterocycles. The first kappa shape index (κ1) is 17.0. The zero-order chi connectivity index (χ0) is 14.5. The topological polar surface area (TPSA) is 25.8 Å². The Balaban J connectivity index is 1.97. The molecule has 20 heavy (non-hydrogen) atoms. The maximum absolute atomic E-state index is 5.88. The number of hydrogen-bond acceptors (Lipinski definition) is 1. The average Bonchev–Trinajstić information content (AvgIpc) is 2.49. The van der Waals surface area contributed by atoms with E-state index in [2.05, 4.69) is 43.4 Å². The zero-order valence-corrected chi connectivity index (χ0v) is 13.4. The maximum atomic E-state index is 5.88. The lowest BCUT2D eigenvalue weighted by molar-refractivity contribution is -0.655. The number of unbranched alkanes of at least 4 members (excludes halogenated alkanes) is 4. The molecule has 2 N–H and O–H groups in total. The minimum atomic E-state index is 0.858. The Labute approximate surface area is 124 Å². The number of benzene rings is 1. The van der Waals surface area contributed by atoms with Gasteiger partial charge in [0.25, 0.3) is 0 Å². The van der Waals surface area contributed by atoms with Crippen LogP contribution in [0.5, 0.6) is 5.75 Å². The Morgan fingerprint density at radius 3 is 2.45 bits per heavy atom. The second-order valence-electron chi connectivity index (χ2n) is 5.44. The monoisotopic (exact) mass is 278 g/mol. The van der Waals surface area contributed by atoms with Crippen LogP contribution in [0.2, 0.25) is 0 Å². The van der Waals surface area contributed by atoms with E-state index in [1.54, 1.807) is 0 Å². The molecule has 0 amide bonds. The first-order valence-electron chi connectivity index (χ1n) is 8.40. The van der Waals surface area contributed by atoms with Gasteiger partial charge in [0.1, 0.15) is 5.75 Å². The number of nitrogens with two attached hydrogens (primary N) is 1. The summed E-state index contributed by atoms with van der Waals surface area (Å²) in [5.74, 6) is 1.07. The van der Waals surface area contributed by atoms with Crippen LogP contribution in [0, 0.1) is 0 Å². The fourth-order valence-corrected chi connectivity index (χ4v) is 2.36. The van der Waals surface area contributed by atoms with Crippen molar-refractivity contribution < 1.29 is 10.1 Å². The number of aryl methyl sites for hydroxylation is 1. The Kier molecular flexibility index (Phi) is 10.0. The largest absolute Gasteiger partial charge is 0.493 e. The van der Waals surface area contributed by atoms with Crippen molar-refractivity contribution in [3.63, 3.8) is 0 Å². The van der Waals surface area contributed by atoms with Gasteiger partial charge < -0.3 is 10.1 Å². The highest BCUT2D eigenvalue weighted by atomic mass is 16.5. The Hall–Kier alpha value is -1.02. The molecule has 0 aliphatic heterocycles. The van der Waals surface area contributed by atoms with Crippen molar-refractivity contribution in [2.75, 3.05) is 19.7 Å². The van der Waals surface area contributed by atoms with Crippen molar-refractivity contribution in [2.24, 2.45) is 0 Å². The molecule has 0 aliphatic rings. The van der Waals surface area contributed by atoms with Crippen LogP contribution in [-0.2, 0) is 6.42 Å². The van der Waals surface area contributed by atoms with Crippen LogP contribution in [0.3, 0.4) is 0 Å². The summed E-state index contributed by atoms with van der Waals surface area (Å²) >= 11 is 0. The lowest BCUT2D eigenvalue weighted by atomic mass is 10.1. The van der Waals surface area contributed by atoms with E-state index in [0.29, 0.717) is 0 Å². The predicted octanol–water partition coefficient (Wildman–Crippen LogP) is 3.55. The molecule has 0 radical (unpaired) electrons. The van der Waals surface area contributed by atoms with Gasteiger partial charge in [-0.3, -0.25) is 0 Å². The van der Waals surface area contributed by atoms with E-state index in [0.717, 1.165) is 18.8 Å². The first-order valence-corrected chi connectivity index (χ1v) is 8.40. The lowest BCUT2D eigenvalue weighted by Crippen LogP contribution is -2.84. The number of hydrogen-bond donors (Lipinski definition) is 1. The van der Waals surface area contributed by atoms with Crippen LogP contribution in [0.4, 0.5) is 0 Å². The molecule has 0 unspecified atom stereocenters. The summed E-state index contributed by atoms with van der Waals surface area (Å²) in [5, 5.41) is 2.46. The zero-order valence-electron chi connectivity index (χ0n) is 13.4. The van der Waals surface area contributed by atoms with Crippen molar-refractivity contribution in [1.29, 1.82) is 0 Å². The second-order valence-corrected chi connectivity index (χ2v) is 5.44. The predicted molar refractivity (Wildman–Crippen MR) is 86.4 cm³/mol. The number of rotatable bonds is 12. The standard InChI is InChI=1S/C18H31NO/c1-3-5-14-19-15-10-6-7-11-16-20-18-13-9-8-12-17(18)4-2/h8-9,12-13,19H,3-7,10-11,14-16H2,1-2H3/p+1. The lowest BCUT2D eigenvalue weighted by Gasteiger charge is -2.09. The van der Waals surface area contributed by atoms with Gasteiger partial charge in [0, 0.05) is 0 Å². The molecule has 1 aromatic carbocycles. The number of quaternary nitrogens is 1. The van der Waals surface area contributed by atoms with Gasteiger partial charge in [-0.05, 0) is 50.2 Å². The van der Waals surface area contributed by atoms with Crippen molar-refractivity contribution in [2.45, 2.75) is 58.8 Å². The van der Waals surface area contributed by atoms with Crippen molar-refractivity contribution in [1.82, 2.24) is 0 Å². The van der Waals surface area contributed by atoms with Crippen LogP contribution in [0.1, 0.15) is 57.9 Å². The summed E-state index contributed by atoms with van der Waals surface area (Å²) < 4.78 is 5.88. The third-order valence-electron chi connectivity index (χ3n) is 3.68. The quantitative estimate of drug-likeness (QED) is 0.581. The molecule has 2 nitrogen and oxygen atoms in total. The highest BCUT2D eigenvalue weighted by molar-refractivity contribution is 5.33. The summed E-state index contributed by atoms with van der Waals surface area (Å²) in [6.45, 7) is 7.88. The highest BCUT2D eigenvalue weighted by Crippen LogP contribution is 2.18. The molecule has 0 aromatic heterocycles. The summed E-state index contributed by atoms with van der Waals surface area (Å²) in [4.78, 5) is 0. The molecule has 0 aliphatic carbocycles. The molecule has 0 spiro atoms. The molecule has 1 rings (SSSR count). The molecule has 114 valence electrons. The van der Waals surface area contributed by atoms with E-state index in [-0.39, 0.29) is 0 Å². The van der Waals surface area contributed by atoms with Crippen LogP contribution >= 0.6 is 0 Å². The second kappa shape index (κ2) is 11.8. The van der Waals surface area contributed by atoms with Gasteiger partial charge in [0.2, 0.25) is 0 Å². The third-order valence-corrected chi connectivity index (χ3v) is 3.68. The summed E-state index contributed by atoms with van der Waals surface area (Å²) in [6.07, 6.45) is 8.85. The fraction of sp³-hybridized carbons (Fsp3) is 0.667. The van der Waals surface area contributed by atoms with E-state index in [4.69, 9.17) is 4.74 Å². The third kappa shape index (κ3) is 7.54. The smallest absolute Gasteiger partial charge is 0.122 e. The highest BCUT2D eigenvalue weighted by Gasteiger charge is 2.00. The van der Waals surface area contributed by atoms with Gasteiger partial charge in [-0.25, -0.2) is 0 Å². The maximum Gasteiger partial charge on any atom is 0.122 e. The first-order chi connectivity index (χ1) is 9.88. The minimum absolute atomic E-state index is 0.858. The minimum Gasteiger partial charge on any atom is -0.493 e. The molecular weight excluding hydrogens is 246 g/mol. The number of para-hydroxylation sites is 1. The van der Waals surface area contributed by atoms with Crippen LogP contribution in [-0.4, -0.2) is 19.7 Å². The van der Waals surface area contributed by atoms with E-state index in [1.165, 1.54) is 57.2 Å². The summed E-state index contributed by atoms with van der Waals surface area (Å²) in [5.41, 5.74) is 1.32. The summed E-state index contributed by atoms with van der Waals surface area (Å²) in [7, 11) is 0. The van der Waals surface area contributed by atoms with Gasteiger partial charge >= 0.3 is 0 Å². The molecule has 0 saturated carbocycles. The van der Waals surface area contributed by atoms with Gasteiger partial charge in [0.15, 0.2) is 0 Å². The van der Waals surface area contributed by atoms with Crippen molar-refractivity contribution >= 4 is 0 Å². The van der Waals surface area contributed by atoms with Crippen molar-refractivity contribution in [3.8, 4) is 5.75 Å². The molecule has 0 fully saturated rings. The summed E-state index contributed by atoms with van der Waals surface area (Å²) in [6, 6.07) is 8.38. The van der Waals surface area contributed by atoms with Crippen molar-refractivity contribution in [3.05, 3.63) is 29.8 Å². The van der Waals surface area contributed by atoms with Crippen LogP contribution < -0.4 is 10.1 Å². The average molecular weight is 278 g/mol. The van der Waals surface area contributed by atoms with E-state index in [1.807, 2.05) is 0 Å². The van der Waals surface area contributed by atoms with E-state index >= 15 is 0 Å². The van der Waals surface area contributed by atoms with Gasteiger partial charge in [-0.1, -0.05) is 38.5 Å². The van der Waals surface area contributed by atoms with Crippen LogP contribution in [0.15, 0.2) is 24.3 Å². The SMILES string of the molecule is CCCC[NH2+]CCCCCCOc1ccccc1CC. The van der Waals surface area contributed by atoms with E-state index < -0.39 is 0 Å². The van der Waals surface area contributed by atoms with Crippen LogP contribution in [0.25, 0.3) is 0 Å². The Morgan fingerprint density at radius 2 is 1.65 bits per heavy atom. The Bertz CT molecular complexity index is 338. The molecule has 2 heteroatoms. The van der Waals surface area contributed by atoms with Gasteiger partial charge in [-0.15, -0.1) is 0 Å². The molecule has 0 atom stereocenters. The normalized spacial score (nSPS) is 10.7. The molecule has 1 aromatic rings. The molecular formula is C18H32NO+. The molecule has 0 bridgehead atoms. The van der Waals surface area contributed by atoms with Gasteiger partial charge in [0.05, 0.1) is 19.7 Å². The number of ether oxygens (including phenoxy) is 1. The Morgan fingerprint density at radius 1 is 0.900 bits per heavy atom. The fourth-order valence-electron chi connectivity index (χ4n) is 2.36. The molecule has 0 saturated heterocycles.